The molecule has 1 aliphatic heterocycles. The Balaban J connectivity index is 1.46. The van der Waals surface area contributed by atoms with Crippen LogP contribution in [0.5, 0.6) is 0 Å². The summed E-state index contributed by atoms with van der Waals surface area (Å²) in [5.74, 6) is 1.01. The monoisotopic (exact) mass is 437 g/mol. The maximum Gasteiger partial charge on any atom is 0.182 e. The zero-order valence-electron chi connectivity index (χ0n) is 17.1. The zero-order valence-corrected chi connectivity index (χ0v) is 17.8. The molecule has 0 saturated carbocycles. The van der Waals surface area contributed by atoms with Crippen molar-refractivity contribution in [3.8, 4) is 0 Å². The highest BCUT2D eigenvalue weighted by molar-refractivity contribution is 6.36. The number of halogens is 1. The Hall–Kier alpha value is -2.97. The molecule has 1 fully saturated rings. The van der Waals surface area contributed by atoms with Gasteiger partial charge >= 0.3 is 0 Å². The highest BCUT2D eigenvalue weighted by Gasteiger charge is 2.24. The zero-order chi connectivity index (χ0) is 21.2. The predicted molar refractivity (Wildman–Crippen MR) is 123 cm³/mol. The van der Waals surface area contributed by atoms with Gasteiger partial charge in [0.1, 0.15) is 11.8 Å². The minimum atomic E-state index is 0.209. The molecule has 8 nitrogen and oxygen atoms in total. The average molecular weight is 438 g/mol. The number of rotatable bonds is 6. The Morgan fingerprint density at radius 3 is 3.10 bits per heavy atom. The molecule has 1 aliphatic rings. The van der Waals surface area contributed by atoms with Crippen LogP contribution in [0, 0.1) is 5.92 Å². The van der Waals surface area contributed by atoms with Crippen LogP contribution in [-0.4, -0.2) is 56.3 Å². The summed E-state index contributed by atoms with van der Waals surface area (Å²) >= 11 is 6.64. The Bertz CT molecular complexity index is 1210. The van der Waals surface area contributed by atoms with Crippen LogP contribution < -0.4 is 10.2 Å². The minimum Gasteiger partial charge on any atom is -0.396 e. The van der Waals surface area contributed by atoms with Crippen molar-refractivity contribution in [2.24, 2.45) is 5.92 Å². The number of benzene rings is 1. The van der Waals surface area contributed by atoms with E-state index in [0.717, 1.165) is 65.8 Å². The molecule has 0 bridgehead atoms. The summed E-state index contributed by atoms with van der Waals surface area (Å²) in [7, 11) is 0. The molecule has 5 rings (SSSR count). The number of hydrogen-bond acceptors (Lipinski definition) is 7. The first-order valence-electron chi connectivity index (χ1n) is 10.5. The van der Waals surface area contributed by atoms with Crippen molar-refractivity contribution in [1.82, 2.24) is 24.9 Å². The first-order valence-corrected chi connectivity index (χ1v) is 10.9. The van der Waals surface area contributed by atoms with Crippen LogP contribution in [0.1, 0.15) is 18.4 Å². The van der Waals surface area contributed by atoms with Crippen molar-refractivity contribution < 1.29 is 5.11 Å². The van der Waals surface area contributed by atoms with E-state index >= 15 is 0 Å². The van der Waals surface area contributed by atoms with Crippen LogP contribution in [-0.2, 0) is 6.42 Å². The quantitative estimate of drug-likeness (QED) is 0.424. The van der Waals surface area contributed by atoms with E-state index in [1.165, 1.54) is 6.33 Å². The van der Waals surface area contributed by atoms with E-state index in [-0.39, 0.29) is 12.5 Å². The lowest BCUT2D eigenvalue weighted by molar-refractivity contribution is 0.209. The van der Waals surface area contributed by atoms with E-state index in [9.17, 15) is 5.11 Å². The maximum absolute atomic E-state index is 9.73. The van der Waals surface area contributed by atoms with Gasteiger partial charge in [0.2, 0.25) is 0 Å². The van der Waals surface area contributed by atoms with E-state index in [1.54, 1.807) is 6.33 Å². The van der Waals surface area contributed by atoms with Crippen molar-refractivity contribution in [2.45, 2.75) is 19.3 Å². The molecule has 3 aromatic heterocycles. The molecule has 4 heterocycles. The lowest BCUT2D eigenvalue weighted by Gasteiger charge is -2.35. The second-order valence-corrected chi connectivity index (χ2v) is 8.31. The second-order valence-electron chi connectivity index (χ2n) is 7.90. The molecule has 0 radical (unpaired) electrons. The number of aromatic nitrogens is 5. The molecule has 1 saturated heterocycles. The van der Waals surface area contributed by atoms with Gasteiger partial charge in [-0.25, -0.2) is 15.0 Å². The third-order valence-corrected chi connectivity index (χ3v) is 6.21. The number of imidazole rings is 1. The maximum atomic E-state index is 9.73. The molecule has 3 N–H and O–H groups in total. The number of anilines is 2. The molecule has 31 heavy (non-hydrogen) atoms. The topological polar surface area (TPSA) is 103 Å². The second kappa shape index (κ2) is 8.64. The molecular formula is C22H24ClN7O. The smallest absolute Gasteiger partial charge is 0.182 e. The van der Waals surface area contributed by atoms with Crippen LogP contribution >= 0.6 is 11.6 Å². The van der Waals surface area contributed by atoms with Gasteiger partial charge in [-0.15, -0.1) is 0 Å². The van der Waals surface area contributed by atoms with E-state index in [1.807, 2.05) is 18.3 Å². The van der Waals surface area contributed by atoms with Gasteiger partial charge < -0.3 is 20.3 Å². The number of pyridine rings is 1. The van der Waals surface area contributed by atoms with Gasteiger partial charge in [-0.05, 0) is 48.9 Å². The lowest BCUT2D eigenvalue weighted by Crippen LogP contribution is -2.37. The van der Waals surface area contributed by atoms with E-state index in [0.29, 0.717) is 17.2 Å². The Morgan fingerprint density at radius 1 is 1.26 bits per heavy atom. The Morgan fingerprint density at radius 2 is 2.19 bits per heavy atom. The summed E-state index contributed by atoms with van der Waals surface area (Å²) < 4.78 is 0. The van der Waals surface area contributed by atoms with Gasteiger partial charge in [0, 0.05) is 37.8 Å². The number of nitrogens with one attached hydrogen (secondary N) is 2. The molecule has 4 aromatic rings. The van der Waals surface area contributed by atoms with Gasteiger partial charge in [-0.3, -0.25) is 4.98 Å². The largest absolute Gasteiger partial charge is 0.396 e. The molecule has 1 atom stereocenters. The van der Waals surface area contributed by atoms with Crippen LogP contribution in [0.25, 0.3) is 22.1 Å². The van der Waals surface area contributed by atoms with Crippen LogP contribution in [0.4, 0.5) is 11.5 Å². The SMILES string of the molecule is OCC1CCCN(c2c(CCNc3ncnc4nc[nH]c34)cc(Cl)c3cccnc23)C1. The molecule has 0 aliphatic carbocycles. The van der Waals surface area contributed by atoms with Crippen LogP contribution in [0.3, 0.4) is 0 Å². The van der Waals surface area contributed by atoms with Gasteiger partial charge in [0.05, 0.1) is 22.6 Å². The standard InChI is InChI=1S/C22H24ClN7O/c23-17-9-15(5-7-25-21-19-22(27-12-26-19)29-13-28-21)20(18-16(17)4-1-6-24-18)30-8-2-3-14(10-30)11-31/h1,4,6,9,12-14,31H,2-3,5,7-8,10-11H2,(H2,25,26,27,28,29). The summed E-state index contributed by atoms with van der Waals surface area (Å²) in [4.78, 5) is 22.8. The number of hydrogen-bond donors (Lipinski definition) is 3. The van der Waals surface area contributed by atoms with Crippen molar-refractivity contribution >= 4 is 45.2 Å². The third-order valence-electron chi connectivity index (χ3n) is 5.90. The van der Waals surface area contributed by atoms with E-state index < -0.39 is 0 Å². The number of fused-ring (bicyclic) bond motifs is 2. The fraction of sp³-hybridized carbons (Fsp3) is 0.364. The van der Waals surface area contributed by atoms with Crippen LogP contribution in [0.2, 0.25) is 5.02 Å². The number of aliphatic hydroxyl groups excluding tert-OH is 1. The number of nitrogens with zero attached hydrogens (tertiary/aromatic N) is 5. The number of H-pyrrole nitrogens is 1. The fourth-order valence-corrected chi connectivity index (χ4v) is 4.70. The molecule has 9 heteroatoms. The molecular weight excluding hydrogens is 414 g/mol. The predicted octanol–water partition coefficient (Wildman–Crippen LogP) is 3.42. The molecule has 0 spiro atoms. The summed E-state index contributed by atoms with van der Waals surface area (Å²) in [6.07, 6.45) is 7.80. The van der Waals surface area contributed by atoms with Crippen LogP contribution in [0.15, 0.2) is 37.1 Å². The summed E-state index contributed by atoms with van der Waals surface area (Å²) in [6.45, 7) is 2.65. The van der Waals surface area contributed by atoms with Gasteiger partial charge in [-0.1, -0.05) is 11.6 Å². The fourth-order valence-electron chi connectivity index (χ4n) is 4.41. The van der Waals surface area contributed by atoms with Gasteiger partial charge in [0.25, 0.3) is 0 Å². The summed E-state index contributed by atoms with van der Waals surface area (Å²) in [5.41, 5.74) is 4.61. The summed E-state index contributed by atoms with van der Waals surface area (Å²) in [6, 6.07) is 5.98. The Kier molecular flexibility index (Phi) is 5.57. The number of piperidine rings is 1. The van der Waals surface area contributed by atoms with Crippen molar-refractivity contribution in [3.05, 3.63) is 47.6 Å². The van der Waals surface area contributed by atoms with Crippen molar-refractivity contribution in [1.29, 1.82) is 0 Å². The number of aliphatic hydroxyl groups is 1. The molecule has 1 aromatic carbocycles. The first-order chi connectivity index (χ1) is 15.2. The minimum absolute atomic E-state index is 0.209. The molecule has 0 amide bonds. The highest BCUT2D eigenvalue weighted by Crippen LogP contribution is 2.37. The van der Waals surface area contributed by atoms with Gasteiger partial charge in [0.15, 0.2) is 11.5 Å². The summed E-state index contributed by atoms with van der Waals surface area (Å²) in [5, 5.41) is 14.8. The average Bonchev–Trinajstić information content (AvgIpc) is 3.29. The third kappa shape index (κ3) is 3.88. The highest BCUT2D eigenvalue weighted by atomic mass is 35.5. The Labute approximate surface area is 184 Å². The first kappa shape index (κ1) is 20.0. The van der Waals surface area contributed by atoms with E-state index in [2.05, 4.69) is 41.2 Å². The normalized spacial score (nSPS) is 16.8. The molecule has 160 valence electrons. The van der Waals surface area contributed by atoms with E-state index in [4.69, 9.17) is 11.6 Å². The van der Waals surface area contributed by atoms with Crippen molar-refractivity contribution in [2.75, 3.05) is 36.5 Å². The van der Waals surface area contributed by atoms with Gasteiger partial charge in [-0.2, -0.15) is 0 Å². The lowest BCUT2D eigenvalue weighted by atomic mass is 9.96. The van der Waals surface area contributed by atoms with Crippen molar-refractivity contribution in [3.63, 3.8) is 0 Å². The number of aromatic amines is 1. The molecule has 1 unspecified atom stereocenters.